The van der Waals surface area contributed by atoms with Gasteiger partial charge < -0.3 is 4.57 Å². The first-order valence-electron chi connectivity index (χ1n) is 18.3. The molecule has 53 heavy (non-hydrogen) atoms. The normalized spacial score (nSPS) is 13.6. The predicted molar refractivity (Wildman–Crippen MR) is 221 cm³/mol. The fourth-order valence-corrected chi connectivity index (χ4v) is 9.60. The summed E-state index contributed by atoms with van der Waals surface area (Å²) in [6.45, 7) is 4.71. The average molecular weight is 677 g/mol. The van der Waals surface area contributed by atoms with Gasteiger partial charge in [-0.15, -0.1) is 0 Å². The monoisotopic (exact) mass is 676 g/mol. The Kier molecular flexibility index (Phi) is 5.54. The van der Waals surface area contributed by atoms with Crippen LogP contribution in [0.15, 0.2) is 158 Å². The minimum atomic E-state index is -0.0845. The Hall–Kier alpha value is -6.78. The molecule has 0 N–H and O–H groups in total. The molecule has 11 aromatic rings. The van der Waals surface area contributed by atoms with Gasteiger partial charge in [0.2, 0.25) is 5.95 Å². The van der Waals surface area contributed by atoms with Gasteiger partial charge in [0, 0.05) is 49.6 Å². The highest BCUT2D eigenvalue weighted by Crippen LogP contribution is 2.50. The number of hydrogen-bond acceptors (Lipinski definition) is 2. The van der Waals surface area contributed by atoms with E-state index in [9.17, 15) is 0 Å². The molecule has 3 aromatic heterocycles. The molecular weight excluding hydrogens is 645 g/mol. The SMILES string of the molecule is CC1(C)c2ccccc2-c2ccc(-n3c4ccccc4c4c5c6ccccc6n(-c6ncc7c8ccccc8c8ccccc8c7n6)c5ccc43)cc21. The minimum absolute atomic E-state index is 0.0845. The van der Waals surface area contributed by atoms with E-state index in [1.54, 1.807) is 0 Å². The Morgan fingerprint density at radius 2 is 0.962 bits per heavy atom. The number of benzene rings is 8. The summed E-state index contributed by atoms with van der Waals surface area (Å²) >= 11 is 0. The first kappa shape index (κ1) is 28.9. The van der Waals surface area contributed by atoms with E-state index < -0.39 is 0 Å². The van der Waals surface area contributed by atoms with Gasteiger partial charge in [0.25, 0.3) is 0 Å². The predicted octanol–water partition coefficient (Wildman–Crippen LogP) is 12.4. The van der Waals surface area contributed by atoms with Gasteiger partial charge in [-0.25, -0.2) is 9.97 Å². The van der Waals surface area contributed by atoms with Crippen molar-refractivity contribution in [2.24, 2.45) is 0 Å². The van der Waals surface area contributed by atoms with E-state index in [0.717, 1.165) is 27.3 Å². The molecule has 3 heterocycles. The molecule has 4 heteroatoms. The van der Waals surface area contributed by atoms with Crippen LogP contribution in [0.2, 0.25) is 0 Å². The molecule has 248 valence electrons. The van der Waals surface area contributed by atoms with Crippen LogP contribution in [-0.2, 0) is 5.41 Å². The van der Waals surface area contributed by atoms with Crippen molar-refractivity contribution < 1.29 is 0 Å². The highest BCUT2D eigenvalue weighted by atomic mass is 15.2. The summed E-state index contributed by atoms with van der Waals surface area (Å²) < 4.78 is 4.72. The molecule has 8 aromatic carbocycles. The van der Waals surface area contributed by atoms with Crippen LogP contribution in [0.4, 0.5) is 0 Å². The molecule has 0 fully saturated rings. The van der Waals surface area contributed by atoms with Crippen LogP contribution in [0.5, 0.6) is 0 Å². The molecule has 1 aliphatic carbocycles. The molecule has 12 rings (SSSR count). The lowest BCUT2D eigenvalue weighted by Crippen LogP contribution is -2.15. The van der Waals surface area contributed by atoms with Crippen LogP contribution < -0.4 is 0 Å². The first-order valence-corrected chi connectivity index (χ1v) is 18.3. The van der Waals surface area contributed by atoms with E-state index >= 15 is 0 Å². The van der Waals surface area contributed by atoms with Crippen LogP contribution in [0, 0.1) is 0 Å². The number of para-hydroxylation sites is 2. The molecule has 0 atom stereocenters. The van der Waals surface area contributed by atoms with Crippen molar-refractivity contribution in [2.75, 3.05) is 0 Å². The summed E-state index contributed by atoms with van der Waals surface area (Å²) in [5.41, 5.74) is 12.1. The highest BCUT2D eigenvalue weighted by molar-refractivity contribution is 6.29. The Morgan fingerprint density at radius 1 is 0.434 bits per heavy atom. The molecular formula is C49H32N4. The molecule has 0 radical (unpaired) electrons. The van der Waals surface area contributed by atoms with Gasteiger partial charge in [-0.05, 0) is 74.8 Å². The molecule has 1 aliphatic rings. The summed E-state index contributed by atoms with van der Waals surface area (Å²) in [7, 11) is 0. The van der Waals surface area contributed by atoms with Gasteiger partial charge in [-0.1, -0.05) is 129 Å². The van der Waals surface area contributed by atoms with E-state index in [0.29, 0.717) is 5.95 Å². The molecule has 0 amide bonds. The minimum Gasteiger partial charge on any atom is -0.309 e. The van der Waals surface area contributed by atoms with E-state index in [2.05, 4.69) is 175 Å². The van der Waals surface area contributed by atoms with E-state index in [1.165, 1.54) is 76.7 Å². The number of rotatable bonds is 2. The summed E-state index contributed by atoms with van der Waals surface area (Å²) in [5, 5.41) is 10.7. The maximum atomic E-state index is 5.40. The van der Waals surface area contributed by atoms with Gasteiger partial charge in [0.05, 0.1) is 27.6 Å². The lowest BCUT2D eigenvalue weighted by atomic mass is 9.82. The second kappa shape index (κ2) is 10.2. The number of fused-ring (bicyclic) bond motifs is 16. The fraction of sp³-hybridized carbons (Fsp3) is 0.0612. The second-order valence-corrected chi connectivity index (χ2v) is 15.0. The lowest BCUT2D eigenvalue weighted by Gasteiger charge is -2.22. The Balaban J connectivity index is 1.15. The van der Waals surface area contributed by atoms with Crippen LogP contribution in [0.1, 0.15) is 25.0 Å². The molecule has 0 aliphatic heterocycles. The van der Waals surface area contributed by atoms with Crippen molar-refractivity contribution in [3.05, 3.63) is 169 Å². The van der Waals surface area contributed by atoms with E-state index in [1.807, 2.05) is 6.20 Å². The third-order valence-electron chi connectivity index (χ3n) is 12.0. The standard InChI is InChI=1S/C49H32N4/c1-49(2)39-20-10-7-16-33(39)34-24-23-29(27-40(34)49)52-41-21-11-8-18-36(41)45-43(52)25-26-44-46(45)37-19-9-12-22-42(37)53(44)48-50-28-38-32-15-4-3-13-30(32)31-14-5-6-17-35(31)47(38)51-48/h3-28H,1-2H3. The van der Waals surface area contributed by atoms with Gasteiger partial charge in [0.1, 0.15) is 0 Å². The Morgan fingerprint density at radius 3 is 1.68 bits per heavy atom. The van der Waals surface area contributed by atoms with Crippen LogP contribution >= 0.6 is 0 Å². The van der Waals surface area contributed by atoms with Crippen molar-refractivity contribution >= 4 is 76.1 Å². The molecule has 0 saturated heterocycles. The molecule has 0 spiro atoms. The molecule has 0 saturated carbocycles. The van der Waals surface area contributed by atoms with Crippen LogP contribution in [-0.4, -0.2) is 19.1 Å². The van der Waals surface area contributed by atoms with Crippen LogP contribution in [0.3, 0.4) is 0 Å². The molecule has 0 bridgehead atoms. The molecule has 4 nitrogen and oxygen atoms in total. The first-order chi connectivity index (χ1) is 26.1. The number of aromatic nitrogens is 4. The average Bonchev–Trinajstić information content (AvgIpc) is 3.81. The summed E-state index contributed by atoms with van der Waals surface area (Å²) in [4.78, 5) is 10.5. The topological polar surface area (TPSA) is 35.6 Å². The molecule has 0 unspecified atom stereocenters. The summed E-state index contributed by atoms with van der Waals surface area (Å²) in [5.74, 6) is 0.674. The quantitative estimate of drug-likeness (QED) is 0.171. The Labute approximate surface area is 305 Å². The zero-order chi connectivity index (χ0) is 35.0. The fourth-order valence-electron chi connectivity index (χ4n) is 9.60. The zero-order valence-electron chi connectivity index (χ0n) is 29.3. The third kappa shape index (κ3) is 3.69. The van der Waals surface area contributed by atoms with E-state index in [-0.39, 0.29) is 5.41 Å². The number of hydrogen-bond donors (Lipinski definition) is 0. The van der Waals surface area contributed by atoms with Gasteiger partial charge >= 0.3 is 0 Å². The van der Waals surface area contributed by atoms with Crippen molar-refractivity contribution in [3.63, 3.8) is 0 Å². The van der Waals surface area contributed by atoms with Crippen molar-refractivity contribution in [1.82, 2.24) is 19.1 Å². The summed E-state index contributed by atoms with van der Waals surface area (Å²) in [6, 6.07) is 55.2. The van der Waals surface area contributed by atoms with Gasteiger partial charge in [-0.2, -0.15) is 0 Å². The third-order valence-corrected chi connectivity index (χ3v) is 12.0. The van der Waals surface area contributed by atoms with Crippen molar-refractivity contribution in [2.45, 2.75) is 19.3 Å². The van der Waals surface area contributed by atoms with Crippen molar-refractivity contribution in [3.8, 4) is 22.8 Å². The second-order valence-electron chi connectivity index (χ2n) is 15.0. The van der Waals surface area contributed by atoms with Crippen molar-refractivity contribution in [1.29, 1.82) is 0 Å². The van der Waals surface area contributed by atoms with E-state index in [4.69, 9.17) is 9.97 Å². The smallest absolute Gasteiger partial charge is 0.235 e. The number of nitrogens with zero attached hydrogens (tertiary/aromatic N) is 4. The van der Waals surface area contributed by atoms with Gasteiger partial charge in [0.15, 0.2) is 0 Å². The van der Waals surface area contributed by atoms with Gasteiger partial charge in [-0.3, -0.25) is 4.57 Å². The van der Waals surface area contributed by atoms with Crippen LogP contribution in [0.25, 0.3) is 98.8 Å². The maximum Gasteiger partial charge on any atom is 0.235 e. The zero-order valence-corrected chi connectivity index (χ0v) is 29.3. The maximum absolute atomic E-state index is 5.40. The highest BCUT2D eigenvalue weighted by Gasteiger charge is 2.35. The summed E-state index contributed by atoms with van der Waals surface area (Å²) in [6.07, 6.45) is 2.02. The Bertz CT molecular complexity index is 3340. The largest absolute Gasteiger partial charge is 0.309 e. The lowest BCUT2D eigenvalue weighted by molar-refractivity contribution is 0.660.